The molecular formula is C36H50O3. The van der Waals surface area contributed by atoms with E-state index in [0.29, 0.717) is 18.3 Å². The second kappa shape index (κ2) is 13.7. The molecule has 3 rings (SSSR count). The van der Waals surface area contributed by atoms with Gasteiger partial charge >= 0.3 is 0 Å². The maximum atomic E-state index is 13.8. The van der Waals surface area contributed by atoms with Crippen molar-refractivity contribution in [1.82, 2.24) is 0 Å². The zero-order valence-electron chi connectivity index (χ0n) is 25.7. The van der Waals surface area contributed by atoms with Crippen molar-refractivity contribution in [3.8, 4) is 11.1 Å². The number of rotatable bonds is 13. The molecule has 3 unspecified atom stereocenters. The zero-order valence-corrected chi connectivity index (χ0v) is 25.7. The lowest BCUT2D eigenvalue weighted by Crippen LogP contribution is -2.30. The van der Waals surface area contributed by atoms with Crippen LogP contribution in [0.1, 0.15) is 126 Å². The first-order chi connectivity index (χ1) is 18.5. The van der Waals surface area contributed by atoms with Crippen molar-refractivity contribution < 1.29 is 14.4 Å². The minimum Gasteiger partial charge on any atom is -0.300 e. The molecule has 1 aliphatic rings. The number of fused-ring (bicyclic) bond motifs is 1. The van der Waals surface area contributed by atoms with Gasteiger partial charge in [-0.1, -0.05) is 84.7 Å². The maximum Gasteiger partial charge on any atom is 0.163 e. The van der Waals surface area contributed by atoms with Gasteiger partial charge in [-0.15, -0.1) is 0 Å². The summed E-state index contributed by atoms with van der Waals surface area (Å²) in [5.41, 5.74) is 8.24. The van der Waals surface area contributed by atoms with Gasteiger partial charge in [0, 0.05) is 17.9 Å². The first kappa shape index (κ1) is 31.0. The number of benzene rings is 2. The molecule has 2 aromatic carbocycles. The smallest absolute Gasteiger partial charge is 0.163 e. The Balaban J connectivity index is 1.95. The number of ketones is 3. The van der Waals surface area contributed by atoms with E-state index in [2.05, 4.69) is 78.8 Å². The summed E-state index contributed by atoms with van der Waals surface area (Å²) in [5.74, 6) is 1.56. The molecule has 212 valence electrons. The standard InChI is InChI=1S/C36H50O3/c1-9-11-29(30(10-2)34(38)17-24(7)37)18-27-19-33-31(23(5)6)21-32(25(8)36(33)35(39)20-27)28-14-12-26(13-15-28)16-22(3)4/h12-15,21-23,27,29-30H,9-11,16-20H2,1-8H3. The first-order valence-corrected chi connectivity index (χ1v) is 15.3. The Morgan fingerprint density at radius 1 is 1.00 bits per heavy atom. The lowest BCUT2D eigenvalue weighted by Gasteiger charge is -2.33. The molecule has 3 heteroatoms. The van der Waals surface area contributed by atoms with Gasteiger partial charge in [0.15, 0.2) is 5.78 Å². The number of carbonyl (C=O) groups is 3. The van der Waals surface area contributed by atoms with Crippen LogP contribution in [-0.4, -0.2) is 17.3 Å². The fourth-order valence-corrected chi connectivity index (χ4v) is 6.93. The van der Waals surface area contributed by atoms with Crippen LogP contribution >= 0.6 is 0 Å². The third-order valence-corrected chi connectivity index (χ3v) is 8.65. The van der Waals surface area contributed by atoms with E-state index in [1.807, 2.05) is 0 Å². The third kappa shape index (κ3) is 7.56. The molecule has 1 aliphatic carbocycles. The molecule has 0 N–H and O–H groups in total. The summed E-state index contributed by atoms with van der Waals surface area (Å²) in [7, 11) is 0. The van der Waals surface area contributed by atoms with Gasteiger partial charge in [-0.3, -0.25) is 14.4 Å². The normalized spacial score (nSPS) is 16.9. The first-order valence-electron chi connectivity index (χ1n) is 15.3. The third-order valence-electron chi connectivity index (χ3n) is 8.65. The predicted octanol–water partition coefficient (Wildman–Crippen LogP) is 9.11. The monoisotopic (exact) mass is 530 g/mol. The molecule has 0 saturated heterocycles. The lowest BCUT2D eigenvalue weighted by atomic mass is 9.70. The number of Topliss-reactive ketones (excluding diaryl/α,β-unsaturated/α-hetero) is 3. The van der Waals surface area contributed by atoms with Crippen molar-refractivity contribution in [2.45, 2.75) is 113 Å². The Hall–Kier alpha value is -2.55. The van der Waals surface area contributed by atoms with Gasteiger partial charge in [0.05, 0.1) is 6.42 Å². The van der Waals surface area contributed by atoms with Gasteiger partial charge in [-0.25, -0.2) is 0 Å². The van der Waals surface area contributed by atoms with Crippen LogP contribution < -0.4 is 0 Å². The number of hydrogen-bond donors (Lipinski definition) is 0. The molecular weight excluding hydrogens is 480 g/mol. The zero-order chi connectivity index (χ0) is 28.9. The average molecular weight is 531 g/mol. The van der Waals surface area contributed by atoms with Gasteiger partial charge in [0.25, 0.3) is 0 Å². The van der Waals surface area contributed by atoms with E-state index in [9.17, 15) is 14.4 Å². The SMILES string of the molecule is CCCC(CC1CC(=O)c2c(C)c(-c3ccc(CC(C)C)cc3)cc(C(C)C)c2C1)C(CC)C(=O)CC(C)=O. The van der Waals surface area contributed by atoms with E-state index in [1.54, 1.807) is 0 Å². The van der Waals surface area contributed by atoms with Crippen LogP contribution in [0.5, 0.6) is 0 Å². The fraction of sp³-hybridized carbons (Fsp3) is 0.583. The summed E-state index contributed by atoms with van der Waals surface area (Å²) in [6.07, 6.45) is 6.12. The Bertz CT molecular complexity index is 1170. The van der Waals surface area contributed by atoms with E-state index in [0.717, 1.165) is 49.7 Å². The van der Waals surface area contributed by atoms with Gasteiger partial charge in [0.2, 0.25) is 0 Å². The van der Waals surface area contributed by atoms with E-state index in [-0.39, 0.29) is 41.5 Å². The summed E-state index contributed by atoms with van der Waals surface area (Å²) < 4.78 is 0. The van der Waals surface area contributed by atoms with Gasteiger partial charge in [-0.2, -0.15) is 0 Å². The van der Waals surface area contributed by atoms with E-state index in [1.165, 1.54) is 34.7 Å². The fourth-order valence-electron chi connectivity index (χ4n) is 6.93. The Labute approximate surface area is 237 Å². The highest BCUT2D eigenvalue weighted by molar-refractivity contribution is 6.02. The molecule has 0 aromatic heterocycles. The molecule has 39 heavy (non-hydrogen) atoms. The van der Waals surface area contributed by atoms with Crippen LogP contribution in [0.15, 0.2) is 30.3 Å². The van der Waals surface area contributed by atoms with Crippen LogP contribution in [0.2, 0.25) is 0 Å². The van der Waals surface area contributed by atoms with Crippen LogP contribution in [0.4, 0.5) is 0 Å². The van der Waals surface area contributed by atoms with Crippen LogP contribution in [-0.2, 0) is 22.4 Å². The highest BCUT2D eigenvalue weighted by Gasteiger charge is 2.34. The molecule has 0 heterocycles. The molecule has 3 nitrogen and oxygen atoms in total. The molecule has 2 aromatic rings. The molecule has 0 spiro atoms. The summed E-state index contributed by atoms with van der Waals surface area (Å²) in [4.78, 5) is 38.4. The minimum atomic E-state index is -0.0994. The topological polar surface area (TPSA) is 51.2 Å². The summed E-state index contributed by atoms with van der Waals surface area (Å²) in [5, 5.41) is 0. The second-order valence-electron chi connectivity index (χ2n) is 12.8. The van der Waals surface area contributed by atoms with E-state index >= 15 is 0 Å². The predicted molar refractivity (Wildman–Crippen MR) is 162 cm³/mol. The van der Waals surface area contributed by atoms with Crippen LogP contribution in [0.3, 0.4) is 0 Å². The lowest BCUT2D eigenvalue weighted by molar-refractivity contribution is -0.129. The second-order valence-corrected chi connectivity index (χ2v) is 12.8. The molecule has 0 amide bonds. The largest absolute Gasteiger partial charge is 0.300 e. The van der Waals surface area contributed by atoms with Gasteiger partial charge < -0.3 is 0 Å². The summed E-state index contributed by atoms with van der Waals surface area (Å²) in [6, 6.07) is 11.2. The quantitative estimate of drug-likeness (QED) is 0.243. The van der Waals surface area contributed by atoms with Crippen molar-refractivity contribution in [3.05, 3.63) is 58.1 Å². The van der Waals surface area contributed by atoms with Crippen molar-refractivity contribution >= 4 is 17.3 Å². The minimum absolute atomic E-state index is 0.0308. The molecule has 0 aliphatic heterocycles. The van der Waals surface area contributed by atoms with Gasteiger partial charge in [0.1, 0.15) is 11.6 Å². The van der Waals surface area contributed by atoms with Crippen molar-refractivity contribution in [2.75, 3.05) is 0 Å². The van der Waals surface area contributed by atoms with Crippen molar-refractivity contribution in [3.63, 3.8) is 0 Å². The summed E-state index contributed by atoms with van der Waals surface area (Å²) >= 11 is 0. The van der Waals surface area contributed by atoms with Crippen LogP contribution in [0.25, 0.3) is 11.1 Å². The van der Waals surface area contributed by atoms with Crippen molar-refractivity contribution in [1.29, 1.82) is 0 Å². The Morgan fingerprint density at radius 2 is 1.67 bits per heavy atom. The average Bonchev–Trinajstić information content (AvgIpc) is 2.84. The summed E-state index contributed by atoms with van der Waals surface area (Å²) in [6.45, 7) is 16.8. The maximum absolute atomic E-state index is 13.8. The Morgan fingerprint density at radius 3 is 2.21 bits per heavy atom. The van der Waals surface area contributed by atoms with E-state index in [4.69, 9.17) is 0 Å². The highest BCUT2D eigenvalue weighted by Crippen LogP contribution is 2.42. The van der Waals surface area contributed by atoms with Gasteiger partial charge in [-0.05, 0) is 96.6 Å². The Kier molecular flexibility index (Phi) is 10.9. The van der Waals surface area contributed by atoms with Crippen LogP contribution in [0, 0.1) is 30.6 Å². The van der Waals surface area contributed by atoms with Crippen molar-refractivity contribution in [2.24, 2.45) is 23.7 Å². The molecule has 3 atom stereocenters. The molecule has 0 radical (unpaired) electrons. The number of carbonyl (C=O) groups excluding carboxylic acids is 3. The van der Waals surface area contributed by atoms with E-state index < -0.39 is 0 Å². The highest BCUT2D eigenvalue weighted by atomic mass is 16.1. The number of hydrogen-bond acceptors (Lipinski definition) is 3. The molecule has 0 bridgehead atoms. The molecule has 0 saturated carbocycles. The molecule has 0 fully saturated rings.